The van der Waals surface area contributed by atoms with Gasteiger partial charge >= 0.3 is 0 Å². The van der Waals surface area contributed by atoms with E-state index < -0.39 is 14.6 Å². The largest absolute Gasteiger partial charge is 0.508 e. The molecule has 1 spiro atoms. The minimum Gasteiger partial charge on any atom is -0.508 e. The number of hydrogen-bond acceptors (Lipinski definition) is 5. The molecule has 1 amide bonds. The number of carbonyl (C=O) groups excluding carboxylic acids is 1. The molecule has 2 heterocycles. The number of aromatic hydroxyl groups is 1. The number of phenolic OH excluding ortho intramolecular Hbond substituents is 1. The molecule has 126 valence electrons. The average Bonchev–Trinajstić information content (AvgIpc) is 2.73. The van der Waals surface area contributed by atoms with Crippen LogP contribution in [0.15, 0.2) is 24.3 Å². The summed E-state index contributed by atoms with van der Waals surface area (Å²) in [6.07, 6.45) is 0.594. The molecular formula is C16H21NO5S. The van der Waals surface area contributed by atoms with Crippen LogP contribution in [0, 0.1) is 5.92 Å². The third-order valence-corrected chi connectivity index (χ3v) is 7.52. The Kier molecular flexibility index (Phi) is 4.10. The van der Waals surface area contributed by atoms with Crippen LogP contribution in [-0.2, 0) is 14.6 Å². The van der Waals surface area contributed by atoms with Crippen LogP contribution < -0.4 is 0 Å². The molecule has 0 saturated carbocycles. The Morgan fingerprint density at radius 3 is 2.83 bits per heavy atom. The monoisotopic (exact) mass is 339 g/mol. The fourth-order valence-electron chi connectivity index (χ4n) is 3.53. The van der Waals surface area contributed by atoms with E-state index in [1.54, 1.807) is 12.1 Å². The summed E-state index contributed by atoms with van der Waals surface area (Å²) in [6.45, 7) is 3.28. The van der Waals surface area contributed by atoms with Crippen LogP contribution in [0.25, 0.3) is 0 Å². The van der Waals surface area contributed by atoms with Crippen molar-refractivity contribution in [2.24, 2.45) is 5.92 Å². The molecule has 2 saturated heterocycles. The van der Waals surface area contributed by atoms with E-state index in [1.807, 2.05) is 6.92 Å². The normalized spacial score (nSPS) is 24.6. The molecule has 2 aliphatic rings. The molecule has 0 radical (unpaired) electrons. The van der Waals surface area contributed by atoms with E-state index in [0.717, 1.165) is 0 Å². The molecule has 1 aromatic carbocycles. The van der Waals surface area contributed by atoms with Crippen molar-refractivity contribution in [1.29, 1.82) is 0 Å². The first-order valence-electron chi connectivity index (χ1n) is 7.78. The molecule has 1 aromatic rings. The molecule has 23 heavy (non-hydrogen) atoms. The van der Waals surface area contributed by atoms with E-state index in [9.17, 15) is 18.3 Å². The van der Waals surface area contributed by atoms with Gasteiger partial charge in [-0.25, -0.2) is 8.42 Å². The smallest absolute Gasteiger partial charge is 0.254 e. The second-order valence-corrected chi connectivity index (χ2v) is 8.69. The number of carbonyl (C=O) groups is 1. The van der Waals surface area contributed by atoms with Gasteiger partial charge in [-0.3, -0.25) is 4.79 Å². The molecular weight excluding hydrogens is 318 g/mol. The zero-order valence-corrected chi connectivity index (χ0v) is 13.9. The van der Waals surface area contributed by atoms with Gasteiger partial charge in [-0.15, -0.1) is 0 Å². The highest BCUT2D eigenvalue weighted by Gasteiger charge is 2.62. The van der Waals surface area contributed by atoms with Crippen LogP contribution in [0.5, 0.6) is 5.75 Å². The minimum absolute atomic E-state index is 0.0220. The minimum atomic E-state index is -3.21. The molecule has 1 atom stereocenters. The number of phenols is 1. The lowest BCUT2D eigenvalue weighted by atomic mass is 9.83. The first kappa shape index (κ1) is 16.3. The van der Waals surface area contributed by atoms with Crippen molar-refractivity contribution in [2.75, 3.05) is 32.1 Å². The van der Waals surface area contributed by atoms with Gasteiger partial charge in [-0.2, -0.15) is 0 Å². The third-order valence-electron chi connectivity index (χ3n) is 4.92. The highest BCUT2D eigenvalue weighted by atomic mass is 32.2. The van der Waals surface area contributed by atoms with E-state index in [2.05, 4.69) is 0 Å². The number of rotatable bonds is 4. The number of sulfone groups is 1. The maximum absolute atomic E-state index is 12.5. The molecule has 1 N–H and O–H groups in total. The van der Waals surface area contributed by atoms with Crippen molar-refractivity contribution in [3.63, 3.8) is 0 Å². The molecule has 7 heteroatoms. The SMILES string of the molecule is CCOCC1CCS(=O)(=O)C12CN(C(=O)c1cccc(O)c1)C2. The van der Waals surface area contributed by atoms with E-state index in [-0.39, 0.29) is 36.4 Å². The van der Waals surface area contributed by atoms with Crippen LogP contribution in [0.2, 0.25) is 0 Å². The quantitative estimate of drug-likeness (QED) is 0.887. The third kappa shape index (κ3) is 2.61. The number of benzene rings is 1. The van der Waals surface area contributed by atoms with Crippen molar-refractivity contribution in [1.82, 2.24) is 4.90 Å². The van der Waals surface area contributed by atoms with Crippen molar-refractivity contribution >= 4 is 15.7 Å². The van der Waals surface area contributed by atoms with E-state index in [0.29, 0.717) is 25.2 Å². The molecule has 0 aliphatic carbocycles. The summed E-state index contributed by atoms with van der Waals surface area (Å²) in [5, 5.41) is 9.48. The standard InChI is InChI=1S/C16H21NO5S/c1-2-22-9-13-6-7-23(20,21)16(13)10-17(11-16)15(19)12-4-3-5-14(18)8-12/h3-5,8,13,18H,2,6-7,9-11H2,1H3. The summed E-state index contributed by atoms with van der Waals surface area (Å²) in [5.74, 6) is -0.114. The molecule has 1 unspecified atom stereocenters. The number of likely N-dealkylation sites (tertiary alicyclic amines) is 1. The molecule has 0 aromatic heterocycles. The lowest BCUT2D eigenvalue weighted by Crippen LogP contribution is -2.68. The predicted molar refractivity (Wildman–Crippen MR) is 85.1 cm³/mol. The Morgan fingerprint density at radius 2 is 2.17 bits per heavy atom. The van der Waals surface area contributed by atoms with Gasteiger partial charge in [0.25, 0.3) is 5.91 Å². The Morgan fingerprint density at radius 1 is 1.43 bits per heavy atom. The Labute approximate surface area is 136 Å². The molecule has 0 bridgehead atoms. The maximum atomic E-state index is 12.5. The zero-order chi connectivity index (χ0) is 16.7. The van der Waals surface area contributed by atoms with E-state index in [4.69, 9.17) is 4.74 Å². The van der Waals surface area contributed by atoms with Crippen molar-refractivity contribution in [3.05, 3.63) is 29.8 Å². The second kappa shape index (κ2) is 5.79. The van der Waals surface area contributed by atoms with Gasteiger partial charge in [0.05, 0.1) is 12.4 Å². The van der Waals surface area contributed by atoms with Gasteiger partial charge in [0.1, 0.15) is 10.5 Å². The van der Waals surface area contributed by atoms with Crippen molar-refractivity contribution < 1.29 is 23.1 Å². The first-order valence-corrected chi connectivity index (χ1v) is 9.43. The van der Waals surface area contributed by atoms with Crippen LogP contribution in [0.4, 0.5) is 0 Å². The summed E-state index contributed by atoms with van der Waals surface area (Å²) in [7, 11) is -3.21. The summed E-state index contributed by atoms with van der Waals surface area (Å²) in [6, 6.07) is 6.11. The highest BCUT2D eigenvalue weighted by Crippen LogP contribution is 2.45. The lowest BCUT2D eigenvalue weighted by Gasteiger charge is -2.49. The van der Waals surface area contributed by atoms with Gasteiger partial charge in [0, 0.05) is 31.2 Å². The Balaban J connectivity index is 1.76. The molecule has 3 rings (SSSR count). The lowest BCUT2D eigenvalue weighted by molar-refractivity contribution is 0.0270. The number of ether oxygens (including phenoxy) is 1. The van der Waals surface area contributed by atoms with Gasteiger partial charge in [-0.05, 0) is 31.5 Å². The van der Waals surface area contributed by atoms with E-state index >= 15 is 0 Å². The Hall–Kier alpha value is -1.60. The summed E-state index contributed by atoms with van der Waals surface area (Å²) in [4.78, 5) is 14.0. The molecule has 2 aliphatic heterocycles. The van der Waals surface area contributed by atoms with Gasteiger partial charge < -0.3 is 14.7 Å². The van der Waals surface area contributed by atoms with Gasteiger partial charge in [-0.1, -0.05) is 6.07 Å². The summed E-state index contributed by atoms with van der Waals surface area (Å²) < 4.78 is 29.5. The van der Waals surface area contributed by atoms with Crippen LogP contribution >= 0.6 is 0 Å². The van der Waals surface area contributed by atoms with Crippen LogP contribution in [-0.4, -0.2) is 61.1 Å². The average molecular weight is 339 g/mol. The summed E-state index contributed by atoms with van der Waals surface area (Å²) in [5.41, 5.74) is 0.372. The first-order chi connectivity index (χ1) is 10.9. The van der Waals surface area contributed by atoms with E-state index in [1.165, 1.54) is 17.0 Å². The fourth-order valence-corrected chi connectivity index (χ4v) is 5.93. The number of hydrogen-bond donors (Lipinski definition) is 1. The molecule has 6 nitrogen and oxygen atoms in total. The predicted octanol–water partition coefficient (Wildman–Crippen LogP) is 1.06. The fraction of sp³-hybridized carbons (Fsp3) is 0.562. The number of amides is 1. The molecule has 2 fully saturated rings. The van der Waals surface area contributed by atoms with Crippen LogP contribution in [0.3, 0.4) is 0 Å². The summed E-state index contributed by atoms with van der Waals surface area (Å²) >= 11 is 0. The van der Waals surface area contributed by atoms with Crippen LogP contribution in [0.1, 0.15) is 23.7 Å². The van der Waals surface area contributed by atoms with Crippen molar-refractivity contribution in [3.8, 4) is 5.75 Å². The highest BCUT2D eigenvalue weighted by molar-refractivity contribution is 7.93. The van der Waals surface area contributed by atoms with Gasteiger partial charge in [0.2, 0.25) is 0 Å². The van der Waals surface area contributed by atoms with Gasteiger partial charge in [0.15, 0.2) is 9.84 Å². The maximum Gasteiger partial charge on any atom is 0.254 e. The zero-order valence-electron chi connectivity index (χ0n) is 13.1. The Bertz CT molecular complexity index is 709. The second-order valence-electron chi connectivity index (χ2n) is 6.24. The van der Waals surface area contributed by atoms with Crippen molar-refractivity contribution in [2.45, 2.75) is 18.1 Å². The topological polar surface area (TPSA) is 83.9 Å². The number of nitrogens with zero attached hydrogens (tertiary/aromatic N) is 1.